The van der Waals surface area contributed by atoms with E-state index in [-0.39, 0.29) is 5.78 Å². The molecule has 0 fully saturated rings. The standard InChI is InChI=1S/C11H10O3/c1-6(12)9-7-3-2-4-8(5-7)10(9)11(13)14/h2-5,9-10H,1H3,(H,13,14). The van der Waals surface area contributed by atoms with E-state index in [0.29, 0.717) is 0 Å². The zero-order valence-electron chi connectivity index (χ0n) is 7.73. The molecule has 0 saturated carbocycles. The van der Waals surface area contributed by atoms with Gasteiger partial charge in [0.05, 0.1) is 11.8 Å². The summed E-state index contributed by atoms with van der Waals surface area (Å²) in [6.07, 6.45) is 0. The topological polar surface area (TPSA) is 54.4 Å². The van der Waals surface area contributed by atoms with Gasteiger partial charge in [0.15, 0.2) is 0 Å². The number of benzene rings is 1. The molecule has 1 aliphatic rings. The fraction of sp³-hybridized carbons (Fsp3) is 0.273. The molecule has 3 nitrogen and oxygen atoms in total. The average molecular weight is 190 g/mol. The fourth-order valence-corrected chi connectivity index (χ4v) is 2.09. The number of carbonyl (C=O) groups excluding carboxylic acids is 1. The second-order valence-corrected chi connectivity index (χ2v) is 3.57. The van der Waals surface area contributed by atoms with Crippen molar-refractivity contribution in [3.8, 4) is 0 Å². The van der Waals surface area contributed by atoms with Crippen LogP contribution in [0.15, 0.2) is 24.3 Å². The number of rotatable bonds is 2. The van der Waals surface area contributed by atoms with E-state index in [4.69, 9.17) is 5.11 Å². The number of hydrogen-bond donors (Lipinski definition) is 1. The van der Waals surface area contributed by atoms with E-state index in [1.54, 1.807) is 24.3 Å². The van der Waals surface area contributed by atoms with Crippen LogP contribution >= 0.6 is 0 Å². The molecule has 2 rings (SSSR count). The van der Waals surface area contributed by atoms with E-state index in [1.807, 2.05) is 0 Å². The Bertz CT molecular complexity index is 373. The van der Waals surface area contributed by atoms with Gasteiger partial charge in [0.1, 0.15) is 5.78 Å². The van der Waals surface area contributed by atoms with Crippen LogP contribution in [0.1, 0.15) is 29.9 Å². The summed E-state index contributed by atoms with van der Waals surface area (Å²) in [4.78, 5) is 22.3. The Morgan fingerprint density at radius 1 is 1.21 bits per heavy atom. The van der Waals surface area contributed by atoms with Gasteiger partial charge in [-0.05, 0) is 18.1 Å². The van der Waals surface area contributed by atoms with Gasteiger partial charge in [0, 0.05) is 0 Å². The lowest BCUT2D eigenvalue weighted by atomic mass is 9.88. The molecule has 0 radical (unpaired) electrons. The molecule has 0 amide bonds. The number of aliphatic carboxylic acids is 1. The minimum absolute atomic E-state index is 0.0846. The molecule has 0 spiro atoms. The van der Waals surface area contributed by atoms with Crippen LogP contribution in [0, 0.1) is 0 Å². The Balaban J connectivity index is 2.50. The van der Waals surface area contributed by atoms with Gasteiger partial charge >= 0.3 is 5.97 Å². The number of fused-ring (bicyclic) bond motifs is 2. The normalized spacial score (nSPS) is 23.5. The van der Waals surface area contributed by atoms with Crippen molar-refractivity contribution in [2.24, 2.45) is 0 Å². The highest BCUT2D eigenvalue weighted by atomic mass is 16.4. The molecule has 2 unspecified atom stereocenters. The Morgan fingerprint density at radius 3 is 2.29 bits per heavy atom. The zero-order valence-corrected chi connectivity index (χ0v) is 7.73. The van der Waals surface area contributed by atoms with E-state index >= 15 is 0 Å². The highest BCUT2D eigenvalue weighted by Gasteiger charge is 2.38. The first-order chi connectivity index (χ1) is 6.61. The van der Waals surface area contributed by atoms with Gasteiger partial charge in [-0.15, -0.1) is 0 Å². The largest absolute Gasteiger partial charge is 0.481 e. The lowest BCUT2D eigenvalue weighted by Gasteiger charge is -2.13. The third-order valence-electron chi connectivity index (χ3n) is 2.67. The highest BCUT2D eigenvalue weighted by Crippen LogP contribution is 2.40. The molecule has 0 aliphatic heterocycles. The van der Waals surface area contributed by atoms with Gasteiger partial charge in [-0.3, -0.25) is 9.59 Å². The summed E-state index contributed by atoms with van der Waals surface area (Å²) in [5, 5.41) is 9.03. The molecule has 72 valence electrons. The summed E-state index contributed by atoms with van der Waals surface area (Å²) in [7, 11) is 0. The monoisotopic (exact) mass is 190 g/mol. The Hall–Kier alpha value is -1.64. The van der Waals surface area contributed by atoms with E-state index < -0.39 is 17.8 Å². The van der Waals surface area contributed by atoms with Gasteiger partial charge in [0.2, 0.25) is 0 Å². The molecule has 14 heavy (non-hydrogen) atoms. The summed E-state index contributed by atoms with van der Waals surface area (Å²) in [5.74, 6) is -2.18. The maximum absolute atomic E-state index is 11.3. The lowest BCUT2D eigenvalue weighted by molar-refractivity contribution is -0.141. The molecule has 2 atom stereocenters. The number of Topliss-reactive ketones (excluding diaryl/α,β-unsaturated/α-hetero) is 1. The van der Waals surface area contributed by atoms with Crippen LogP contribution in [0.4, 0.5) is 0 Å². The second-order valence-electron chi connectivity index (χ2n) is 3.57. The van der Waals surface area contributed by atoms with E-state index in [9.17, 15) is 9.59 Å². The van der Waals surface area contributed by atoms with E-state index in [2.05, 4.69) is 0 Å². The van der Waals surface area contributed by atoms with Crippen LogP contribution in [0.3, 0.4) is 0 Å². The summed E-state index contributed by atoms with van der Waals surface area (Å²) >= 11 is 0. The van der Waals surface area contributed by atoms with E-state index in [1.165, 1.54) is 6.92 Å². The van der Waals surface area contributed by atoms with Crippen molar-refractivity contribution in [2.75, 3.05) is 0 Å². The number of carboxylic acids is 1. The maximum Gasteiger partial charge on any atom is 0.312 e. The molecule has 1 aromatic carbocycles. The number of carbonyl (C=O) groups is 2. The predicted molar refractivity (Wildman–Crippen MR) is 50.2 cm³/mol. The molecule has 1 aliphatic carbocycles. The molecule has 0 heterocycles. The van der Waals surface area contributed by atoms with Gasteiger partial charge < -0.3 is 5.11 Å². The summed E-state index contributed by atoms with van der Waals surface area (Å²) in [6.45, 7) is 1.44. The van der Waals surface area contributed by atoms with Gasteiger partial charge in [0.25, 0.3) is 0 Å². The maximum atomic E-state index is 11.3. The Morgan fingerprint density at radius 2 is 1.79 bits per heavy atom. The molecular formula is C11H10O3. The molecular weight excluding hydrogens is 180 g/mol. The Kier molecular flexibility index (Phi) is 1.88. The summed E-state index contributed by atoms with van der Waals surface area (Å²) in [6, 6.07) is 7.15. The molecule has 1 aromatic rings. The lowest BCUT2D eigenvalue weighted by Crippen LogP contribution is -2.20. The van der Waals surface area contributed by atoms with Crippen LogP contribution in [0.2, 0.25) is 0 Å². The second kappa shape index (κ2) is 2.94. The summed E-state index contributed by atoms with van der Waals surface area (Å²) in [5.41, 5.74) is 1.55. The number of ketones is 1. The quantitative estimate of drug-likeness (QED) is 0.769. The first-order valence-corrected chi connectivity index (χ1v) is 4.44. The van der Waals surface area contributed by atoms with Crippen LogP contribution in [-0.2, 0) is 9.59 Å². The first kappa shape index (κ1) is 8.94. The molecule has 0 saturated heterocycles. The van der Waals surface area contributed by atoms with Gasteiger partial charge in [-0.1, -0.05) is 24.3 Å². The Labute approximate surface area is 81.4 Å². The third-order valence-corrected chi connectivity index (χ3v) is 2.67. The molecule has 3 heteroatoms. The molecule has 1 N–H and O–H groups in total. The van der Waals surface area contributed by atoms with Crippen LogP contribution in [-0.4, -0.2) is 16.9 Å². The third kappa shape index (κ3) is 1.13. The van der Waals surface area contributed by atoms with Crippen molar-refractivity contribution in [3.63, 3.8) is 0 Å². The molecule has 0 aromatic heterocycles. The van der Waals surface area contributed by atoms with Crippen molar-refractivity contribution in [1.29, 1.82) is 0 Å². The van der Waals surface area contributed by atoms with Crippen LogP contribution in [0.5, 0.6) is 0 Å². The van der Waals surface area contributed by atoms with Crippen molar-refractivity contribution in [3.05, 3.63) is 35.4 Å². The minimum atomic E-state index is -0.925. The average Bonchev–Trinajstić information content (AvgIpc) is 2.37. The SMILES string of the molecule is CC(=O)C1c2cccc(c2)C1C(=O)O. The van der Waals surface area contributed by atoms with Gasteiger partial charge in [-0.2, -0.15) is 0 Å². The summed E-state index contributed by atoms with van der Waals surface area (Å²) < 4.78 is 0. The number of carboxylic acid groups (broad SMARTS) is 1. The minimum Gasteiger partial charge on any atom is -0.481 e. The van der Waals surface area contributed by atoms with E-state index in [0.717, 1.165) is 11.1 Å². The predicted octanol–water partition coefficient (Wildman–Crippen LogP) is 1.54. The smallest absolute Gasteiger partial charge is 0.312 e. The van der Waals surface area contributed by atoms with Crippen LogP contribution in [0.25, 0.3) is 0 Å². The van der Waals surface area contributed by atoms with Crippen LogP contribution < -0.4 is 0 Å². The van der Waals surface area contributed by atoms with Crippen molar-refractivity contribution in [2.45, 2.75) is 18.8 Å². The number of hydrogen-bond acceptors (Lipinski definition) is 2. The highest BCUT2D eigenvalue weighted by molar-refractivity contribution is 5.93. The van der Waals surface area contributed by atoms with Gasteiger partial charge in [-0.25, -0.2) is 0 Å². The van der Waals surface area contributed by atoms with Crippen molar-refractivity contribution < 1.29 is 14.7 Å². The fourth-order valence-electron chi connectivity index (χ4n) is 2.09. The molecule has 2 bridgehead atoms. The van der Waals surface area contributed by atoms with Crippen molar-refractivity contribution >= 4 is 11.8 Å². The zero-order chi connectivity index (χ0) is 10.3. The van der Waals surface area contributed by atoms with Crippen molar-refractivity contribution in [1.82, 2.24) is 0 Å². The first-order valence-electron chi connectivity index (χ1n) is 4.44.